The van der Waals surface area contributed by atoms with Gasteiger partial charge in [-0.1, -0.05) is 24.3 Å². The minimum Gasteiger partial charge on any atom is -0.315 e. The Labute approximate surface area is 104 Å². The van der Waals surface area contributed by atoms with E-state index in [4.69, 9.17) is 0 Å². The summed E-state index contributed by atoms with van der Waals surface area (Å²) >= 11 is 0. The van der Waals surface area contributed by atoms with Crippen LogP contribution in [0.15, 0.2) is 24.3 Å². The van der Waals surface area contributed by atoms with E-state index >= 15 is 0 Å². The van der Waals surface area contributed by atoms with Crippen LogP contribution in [-0.2, 0) is 6.42 Å². The molecule has 1 N–H and O–H groups in total. The van der Waals surface area contributed by atoms with Gasteiger partial charge in [-0.15, -0.1) is 0 Å². The Morgan fingerprint density at radius 1 is 1.29 bits per heavy atom. The number of likely N-dealkylation sites (N-methyl/N-ethyl adjacent to an activating group) is 1. The van der Waals surface area contributed by atoms with Crippen molar-refractivity contribution in [1.29, 1.82) is 0 Å². The second-order valence-corrected chi connectivity index (χ2v) is 5.52. The Kier molecular flexibility index (Phi) is 3.17. The zero-order valence-electron chi connectivity index (χ0n) is 10.7. The van der Waals surface area contributed by atoms with Gasteiger partial charge in [-0.05, 0) is 37.4 Å². The number of hydrogen-bond donors (Lipinski definition) is 1. The molecule has 0 aromatic heterocycles. The lowest BCUT2D eigenvalue weighted by Gasteiger charge is -2.30. The Morgan fingerprint density at radius 2 is 2.12 bits per heavy atom. The van der Waals surface area contributed by atoms with Crippen molar-refractivity contribution in [2.75, 3.05) is 26.7 Å². The van der Waals surface area contributed by atoms with Crippen molar-refractivity contribution in [3.8, 4) is 0 Å². The fourth-order valence-corrected chi connectivity index (χ4v) is 2.77. The van der Waals surface area contributed by atoms with Crippen LogP contribution in [0.3, 0.4) is 0 Å². The molecule has 1 aromatic carbocycles. The molecule has 2 heteroatoms. The van der Waals surface area contributed by atoms with E-state index in [1.54, 1.807) is 11.1 Å². The van der Waals surface area contributed by atoms with Gasteiger partial charge >= 0.3 is 0 Å². The molecule has 1 fully saturated rings. The molecule has 92 valence electrons. The molecule has 1 atom stereocenters. The predicted octanol–water partition coefficient (Wildman–Crippen LogP) is 2.01. The minimum absolute atomic E-state index is 0.762. The van der Waals surface area contributed by atoms with Gasteiger partial charge in [0.05, 0.1) is 0 Å². The van der Waals surface area contributed by atoms with E-state index in [0.717, 1.165) is 25.0 Å². The molecule has 2 aliphatic carbocycles. The van der Waals surface area contributed by atoms with Gasteiger partial charge in [0.15, 0.2) is 0 Å². The van der Waals surface area contributed by atoms with Crippen LogP contribution >= 0.6 is 0 Å². The highest BCUT2D eigenvalue weighted by molar-refractivity contribution is 5.40. The third kappa shape index (κ3) is 2.53. The average Bonchev–Trinajstić information content (AvgIpc) is 3.13. The van der Waals surface area contributed by atoms with Crippen LogP contribution in [0.4, 0.5) is 0 Å². The Balaban J connectivity index is 1.36. The Morgan fingerprint density at radius 3 is 2.88 bits per heavy atom. The molecule has 3 rings (SSSR count). The summed E-state index contributed by atoms with van der Waals surface area (Å²) in [7, 11) is 2.25. The van der Waals surface area contributed by atoms with Gasteiger partial charge in [0.25, 0.3) is 0 Å². The fourth-order valence-electron chi connectivity index (χ4n) is 2.77. The number of nitrogens with one attached hydrogen (secondary N) is 1. The second kappa shape index (κ2) is 4.79. The molecule has 1 saturated carbocycles. The van der Waals surface area contributed by atoms with Crippen molar-refractivity contribution in [3.63, 3.8) is 0 Å². The van der Waals surface area contributed by atoms with Crippen LogP contribution in [0.2, 0.25) is 0 Å². The van der Waals surface area contributed by atoms with Crippen molar-refractivity contribution in [1.82, 2.24) is 10.2 Å². The van der Waals surface area contributed by atoms with Crippen molar-refractivity contribution in [2.45, 2.75) is 31.2 Å². The van der Waals surface area contributed by atoms with Gasteiger partial charge in [-0.3, -0.25) is 0 Å². The number of fused-ring (bicyclic) bond motifs is 1. The molecular weight excluding hydrogens is 208 g/mol. The number of hydrogen-bond acceptors (Lipinski definition) is 2. The lowest BCUT2D eigenvalue weighted by molar-refractivity contribution is 0.319. The summed E-state index contributed by atoms with van der Waals surface area (Å²) in [6.07, 6.45) is 4.08. The summed E-state index contributed by atoms with van der Waals surface area (Å²) in [4.78, 5) is 2.49. The first-order chi connectivity index (χ1) is 8.34. The summed E-state index contributed by atoms with van der Waals surface area (Å²) in [6.45, 7) is 3.47. The van der Waals surface area contributed by atoms with Crippen LogP contribution in [-0.4, -0.2) is 37.6 Å². The molecule has 0 spiro atoms. The lowest BCUT2D eigenvalue weighted by atomic mass is 9.78. The van der Waals surface area contributed by atoms with E-state index in [9.17, 15) is 0 Å². The molecule has 0 saturated heterocycles. The van der Waals surface area contributed by atoms with Crippen molar-refractivity contribution >= 4 is 0 Å². The van der Waals surface area contributed by atoms with Crippen LogP contribution in [0.25, 0.3) is 0 Å². The van der Waals surface area contributed by atoms with Gasteiger partial charge in [-0.2, -0.15) is 0 Å². The number of benzene rings is 1. The van der Waals surface area contributed by atoms with E-state index in [0.29, 0.717) is 0 Å². The van der Waals surface area contributed by atoms with Gasteiger partial charge in [-0.25, -0.2) is 0 Å². The molecule has 0 amide bonds. The lowest BCUT2D eigenvalue weighted by Crippen LogP contribution is -2.35. The Hall–Kier alpha value is -0.860. The quantitative estimate of drug-likeness (QED) is 0.752. The molecule has 0 bridgehead atoms. The molecule has 2 nitrogen and oxygen atoms in total. The third-order valence-electron chi connectivity index (χ3n) is 4.16. The summed E-state index contributed by atoms with van der Waals surface area (Å²) in [6, 6.07) is 9.73. The molecule has 0 aliphatic heterocycles. The van der Waals surface area contributed by atoms with E-state index < -0.39 is 0 Å². The highest BCUT2D eigenvalue weighted by Crippen LogP contribution is 2.33. The topological polar surface area (TPSA) is 15.3 Å². The molecule has 0 radical (unpaired) electrons. The first kappa shape index (κ1) is 11.2. The normalized spacial score (nSPS) is 22.4. The first-order valence-electron chi connectivity index (χ1n) is 6.83. The molecular formula is C15H22N2. The third-order valence-corrected chi connectivity index (χ3v) is 4.16. The zero-order chi connectivity index (χ0) is 11.7. The highest BCUT2D eigenvalue weighted by Gasteiger charge is 2.26. The maximum atomic E-state index is 3.60. The fraction of sp³-hybridized carbons (Fsp3) is 0.600. The summed E-state index contributed by atoms with van der Waals surface area (Å²) in [5, 5.41) is 3.60. The number of nitrogens with zero attached hydrogens (tertiary/aromatic N) is 1. The molecule has 1 unspecified atom stereocenters. The largest absolute Gasteiger partial charge is 0.315 e. The molecule has 17 heavy (non-hydrogen) atoms. The smallest absolute Gasteiger partial charge is 0.0107 e. The summed E-state index contributed by atoms with van der Waals surface area (Å²) in [5.74, 6) is 0.762. The van der Waals surface area contributed by atoms with Gasteiger partial charge in [0.1, 0.15) is 0 Å². The monoisotopic (exact) mass is 230 g/mol. The predicted molar refractivity (Wildman–Crippen MR) is 71.4 cm³/mol. The van der Waals surface area contributed by atoms with Crippen LogP contribution in [0.1, 0.15) is 29.9 Å². The van der Waals surface area contributed by atoms with Crippen molar-refractivity contribution in [3.05, 3.63) is 35.4 Å². The standard InChI is InChI=1S/C15H22N2/c1-17(14-6-7-14)9-8-16-11-13-10-12-4-2-3-5-15(12)13/h2-5,13-14,16H,6-11H2,1H3. The Bertz CT molecular complexity index is 384. The molecule has 1 aromatic rings. The maximum Gasteiger partial charge on any atom is 0.0107 e. The van der Waals surface area contributed by atoms with Gasteiger partial charge in [0.2, 0.25) is 0 Å². The van der Waals surface area contributed by atoms with Gasteiger partial charge < -0.3 is 10.2 Å². The van der Waals surface area contributed by atoms with E-state index in [1.807, 2.05) is 0 Å². The van der Waals surface area contributed by atoms with Crippen LogP contribution in [0.5, 0.6) is 0 Å². The van der Waals surface area contributed by atoms with Crippen molar-refractivity contribution in [2.24, 2.45) is 0 Å². The van der Waals surface area contributed by atoms with E-state index in [1.165, 1.54) is 25.8 Å². The van der Waals surface area contributed by atoms with Crippen molar-refractivity contribution < 1.29 is 0 Å². The molecule has 2 aliphatic rings. The average molecular weight is 230 g/mol. The highest BCUT2D eigenvalue weighted by atomic mass is 15.2. The molecule has 0 heterocycles. The summed E-state index contributed by atoms with van der Waals surface area (Å²) in [5.41, 5.74) is 3.12. The first-order valence-corrected chi connectivity index (χ1v) is 6.83. The van der Waals surface area contributed by atoms with E-state index in [2.05, 4.69) is 41.5 Å². The van der Waals surface area contributed by atoms with Gasteiger partial charge in [0, 0.05) is 31.6 Å². The van der Waals surface area contributed by atoms with Crippen LogP contribution in [0, 0.1) is 0 Å². The SMILES string of the molecule is CN(CCNCC1Cc2ccccc21)C1CC1. The zero-order valence-corrected chi connectivity index (χ0v) is 10.7. The van der Waals surface area contributed by atoms with E-state index in [-0.39, 0.29) is 0 Å². The second-order valence-electron chi connectivity index (χ2n) is 5.52. The van der Waals surface area contributed by atoms with Crippen LogP contribution < -0.4 is 5.32 Å². The minimum atomic E-state index is 0.762. The summed E-state index contributed by atoms with van der Waals surface area (Å²) < 4.78 is 0. The number of rotatable bonds is 6. The maximum absolute atomic E-state index is 3.60.